The molecule has 1 atom stereocenters. The van der Waals surface area contributed by atoms with E-state index < -0.39 is 17.7 Å². The van der Waals surface area contributed by atoms with Crippen molar-refractivity contribution in [1.82, 2.24) is 14.5 Å². The van der Waals surface area contributed by atoms with E-state index in [0.717, 1.165) is 14.5 Å². The number of Topliss-reactive ketones (excluding diaryl/α,β-unsaturated/α-hetero) is 1. The fourth-order valence-electron chi connectivity index (χ4n) is 3.71. The average Bonchev–Trinajstić information content (AvgIpc) is 3.37. The van der Waals surface area contributed by atoms with Crippen LogP contribution in [0.4, 0.5) is 0 Å². The van der Waals surface area contributed by atoms with Crippen molar-refractivity contribution in [1.29, 1.82) is 0 Å². The minimum atomic E-state index is -0.670. The highest BCUT2D eigenvalue weighted by Crippen LogP contribution is 2.39. The lowest BCUT2D eigenvalue weighted by atomic mass is 9.95. The number of benzene rings is 2. The molecule has 1 N–H and O–H groups in total. The maximum atomic E-state index is 13.0. The second-order valence-electron chi connectivity index (χ2n) is 7.20. The summed E-state index contributed by atoms with van der Waals surface area (Å²) < 4.78 is 3.67. The largest absolute Gasteiger partial charge is 0.507 e. The van der Waals surface area contributed by atoms with Gasteiger partial charge in [-0.1, -0.05) is 56.1 Å². The Kier molecular flexibility index (Phi) is 6.38. The first-order valence-electron chi connectivity index (χ1n) is 9.71. The Balaban J connectivity index is 1.72. The van der Waals surface area contributed by atoms with E-state index in [0.29, 0.717) is 25.1 Å². The van der Waals surface area contributed by atoms with E-state index in [4.69, 9.17) is 0 Å². The molecule has 0 bridgehead atoms. The number of halogens is 2. The Morgan fingerprint density at radius 3 is 2.23 bits per heavy atom. The van der Waals surface area contributed by atoms with Gasteiger partial charge in [-0.25, -0.2) is 4.98 Å². The van der Waals surface area contributed by atoms with Crippen LogP contribution in [0.2, 0.25) is 0 Å². The lowest BCUT2D eigenvalue weighted by molar-refractivity contribution is -0.139. The maximum absolute atomic E-state index is 13.0. The molecule has 1 aliphatic heterocycles. The van der Waals surface area contributed by atoms with E-state index in [1.54, 1.807) is 41.7 Å². The Labute approximate surface area is 196 Å². The van der Waals surface area contributed by atoms with E-state index in [9.17, 15) is 14.7 Å². The predicted octanol–water partition coefficient (Wildman–Crippen LogP) is 4.92. The molecule has 158 valence electrons. The van der Waals surface area contributed by atoms with E-state index in [1.165, 1.54) is 0 Å². The van der Waals surface area contributed by atoms with Gasteiger partial charge in [0.1, 0.15) is 5.76 Å². The summed E-state index contributed by atoms with van der Waals surface area (Å²) in [5.41, 5.74) is 1.36. The molecule has 31 heavy (non-hydrogen) atoms. The number of carbonyl (C=O) groups excluding carboxylic acids is 2. The van der Waals surface area contributed by atoms with E-state index >= 15 is 0 Å². The van der Waals surface area contributed by atoms with Crippen LogP contribution in [0.5, 0.6) is 0 Å². The van der Waals surface area contributed by atoms with Crippen LogP contribution in [0.1, 0.15) is 23.6 Å². The molecule has 6 nitrogen and oxygen atoms in total. The maximum Gasteiger partial charge on any atom is 0.295 e. The van der Waals surface area contributed by atoms with Gasteiger partial charge in [0.05, 0.1) is 17.9 Å². The highest BCUT2D eigenvalue weighted by Gasteiger charge is 2.45. The van der Waals surface area contributed by atoms with Gasteiger partial charge in [0.25, 0.3) is 11.7 Å². The first-order valence-corrected chi connectivity index (χ1v) is 11.3. The second kappa shape index (κ2) is 9.20. The van der Waals surface area contributed by atoms with Crippen molar-refractivity contribution >= 4 is 49.3 Å². The quantitative estimate of drug-likeness (QED) is 0.271. The number of rotatable bonds is 6. The standard InChI is InChI=1S/C23H19Br2N3O3/c24-17-6-2-15(3-7-17)20-19(21(29)16-4-8-18(25)9-5-16)22(30)23(31)28(20)12-1-11-27-13-10-26-14-27/h2-10,13-14,20,29H,1,11-12H2. The third kappa shape index (κ3) is 4.50. The minimum absolute atomic E-state index is 0.109. The fourth-order valence-corrected chi connectivity index (χ4v) is 4.24. The molecule has 1 aromatic heterocycles. The predicted molar refractivity (Wildman–Crippen MR) is 124 cm³/mol. The van der Waals surface area contributed by atoms with Gasteiger partial charge >= 0.3 is 0 Å². The van der Waals surface area contributed by atoms with Crippen LogP contribution in [0.15, 0.2) is 81.8 Å². The van der Waals surface area contributed by atoms with Crippen LogP contribution in [0.25, 0.3) is 5.76 Å². The average molecular weight is 545 g/mol. The van der Waals surface area contributed by atoms with Gasteiger partial charge in [0, 0.05) is 40.0 Å². The van der Waals surface area contributed by atoms with Gasteiger partial charge in [-0.3, -0.25) is 9.59 Å². The van der Waals surface area contributed by atoms with Gasteiger partial charge in [0.2, 0.25) is 0 Å². The summed E-state index contributed by atoms with van der Waals surface area (Å²) in [7, 11) is 0. The molecule has 1 fully saturated rings. The Morgan fingerprint density at radius 2 is 1.61 bits per heavy atom. The highest BCUT2D eigenvalue weighted by molar-refractivity contribution is 9.10. The molecule has 1 amide bonds. The molecule has 1 unspecified atom stereocenters. The van der Waals surface area contributed by atoms with Crippen LogP contribution in [0, 0.1) is 0 Å². The monoisotopic (exact) mass is 543 g/mol. The summed E-state index contributed by atoms with van der Waals surface area (Å²) in [6.45, 7) is 1.05. The highest BCUT2D eigenvalue weighted by atomic mass is 79.9. The van der Waals surface area contributed by atoms with Crippen molar-refractivity contribution < 1.29 is 14.7 Å². The number of aromatic nitrogens is 2. The molecule has 0 saturated carbocycles. The van der Waals surface area contributed by atoms with Gasteiger partial charge in [-0.05, 0) is 36.2 Å². The summed E-state index contributed by atoms with van der Waals surface area (Å²) >= 11 is 6.79. The Hall–Kier alpha value is -2.71. The Morgan fingerprint density at radius 1 is 0.968 bits per heavy atom. The molecule has 1 aliphatic rings. The summed E-state index contributed by atoms with van der Waals surface area (Å²) in [5.74, 6) is -1.44. The van der Waals surface area contributed by atoms with Crippen molar-refractivity contribution in [3.8, 4) is 0 Å². The number of imidazole rings is 1. The fraction of sp³-hybridized carbons (Fsp3) is 0.174. The number of aliphatic hydroxyl groups is 1. The van der Waals surface area contributed by atoms with Crippen LogP contribution in [0.3, 0.4) is 0 Å². The zero-order chi connectivity index (χ0) is 22.0. The summed E-state index contributed by atoms with van der Waals surface area (Å²) in [5, 5.41) is 11.0. The van der Waals surface area contributed by atoms with E-state index in [-0.39, 0.29) is 11.3 Å². The van der Waals surface area contributed by atoms with Crippen LogP contribution in [-0.2, 0) is 16.1 Å². The normalized spacial score (nSPS) is 18.0. The third-order valence-corrected chi connectivity index (χ3v) is 6.28. The minimum Gasteiger partial charge on any atom is -0.507 e. The number of likely N-dealkylation sites (tertiary alicyclic amines) is 1. The number of hydrogen-bond acceptors (Lipinski definition) is 4. The van der Waals surface area contributed by atoms with Crippen molar-refractivity contribution in [2.24, 2.45) is 0 Å². The van der Waals surface area contributed by atoms with Crippen molar-refractivity contribution in [2.75, 3.05) is 6.54 Å². The molecule has 4 rings (SSSR count). The van der Waals surface area contributed by atoms with Gasteiger partial charge in [0.15, 0.2) is 0 Å². The molecule has 3 aromatic rings. The van der Waals surface area contributed by atoms with Crippen molar-refractivity contribution in [3.05, 3.63) is 92.9 Å². The lowest BCUT2D eigenvalue weighted by Gasteiger charge is -2.25. The van der Waals surface area contributed by atoms with Crippen molar-refractivity contribution in [2.45, 2.75) is 19.0 Å². The smallest absolute Gasteiger partial charge is 0.295 e. The number of carbonyl (C=O) groups is 2. The molecular weight excluding hydrogens is 526 g/mol. The molecular formula is C23H19Br2N3O3. The number of ketones is 1. The zero-order valence-corrected chi connectivity index (χ0v) is 19.6. The zero-order valence-electron chi connectivity index (χ0n) is 16.4. The number of aliphatic hydroxyl groups excluding tert-OH is 1. The molecule has 0 radical (unpaired) electrons. The van der Waals surface area contributed by atoms with Gasteiger partial charge in [-0.15, -0.1) is 0 Å². The van der Waals surface area contributed by atoms with Crippen LogP contribution >= 0.6 is 31.9 Å². The molecule has 1 saturated heterocycles. The van der Waals surface area contributed by atoms with Crippen LogP contribution in [-0.4, -0.2) is 37.8 Å². The third-order valence-electron chi connectivity index (χ3n) is 5.22. The first kappa shape index (κ1) is 21.5. The first-order chi connectivity index (χ1) is 15.0. The molecule has 0 aliphatic carbocycles. The number of amides is 1. The summed E-state index contributed by atoms with van der Waals surface area (Å²) in [6.07, 6.45) is 5.92. The SMILES string of the molecule is O=C1C(=O)N(CCCn2ccnc2)C(c2ccc(Br)cc2)C1=C(O)c1ccc(Br)cc1. The summed E-state index contributed by atoms with van der Waals surface area (Å²) in [6, 6.07) is 13.8. The van der Waals surface area contributed by atoms with Crippen LogP contribution < -0.4 is 0 Å². The Bertz CT molecular complexity index is 1120. The molecule has 2 heterocycles. The van der Waals surface area contributed by atoms with Gasteiger partial charge in [-0.2, -0.15) is 0 Å². The number of nitrogens with zero attached hydrogens (tertiary/aromatic N) is 3. The molecule has 2 aromatic carbocycles. The summed E-state index contributed by atoms with van der Waals surface area (Å²) in [4.78, 5) is 31.5. The number of hydrogen-bond donors (Lipinski definition) is 1. The van der Waals surface area contributed by atoms with Crippen molar-refractivity contribution in [3.63, 3.8) is 0 Å². The molecule has 8 heteroatoms. The molecule has 0 spiro atoms. The van der Waals surface area contributed by atoms with E-state index in [1.807, 2.05) is 35.0 Å². The topological polar surface area (TPSA) is 75.4 Å². The second-order valence-corrected chi connectivity index (χ2v) is 9.04. The lowest BCUT2D eigenvalue weighted by Crippen LogP contribution is -2.31. The number of aryl methyl sites for hydroxylation is 1. The van der Waals surface area contributed by atoms with Gasteiger partial charge < -0.3 is 14.6 Å². The van der Waals surface area contributed by atoms with E-state index in [2.05, 4.69) is 36.8 Å².